The molecule has 1 aliphatic heterocycles. The van der Waals surface area contributed by atoms with Gasteiger partial charge >= 0.3 is 0 Å². The van der Waals surface area contributed by atoms with Crippen LogP contribution in [0.15, 0.2) is 24.3 Å². The highest BCUT2D eigenvalue weighted by Crippen LogP contribution is 2.15. The number of nitrogens with one attached hydrogen (secondary N) is 2. The molecular weight excluding hydrogens is 208 g/mol. The van der Waals surface area contributed by atoms with Gasteiger partial charge in [0.2, 0.25) is 0 Å². The fourth-order valence-corrected chi connectivity index (χ4v) is 2.41. The third-order valence-electron chi connectivity index (χ3n) is 3.69. The van der Waals surface area contributed by atoms with Crippen LogP contribution < -0.4 is 10.6 Å². The average molecular weight is 232 g/mol. The van der Waals surface area contributed by atoms with Gasteiger partial charge in [-0.25, -0.2) is 0 Å². The number of benzene rings is 1. The minimum absolute atomic E-state index is 0.456. The first-order valence-electron chi connectivity index (χ1n) is 6.76. The molecule has 1 heterocycles. The van der Waals surface area contributed by atoms with Crippen LogP contribution in [0.1, 0.15) is 36.9 Å². The van der Waals surface area contributed by atoms with E-state index in [0.717, 1.165) is 12.5 Å². The van der Waals surface area contributed by atoms with Crippen molar-refractivity contribution in [1.82, 2.24) is 10.6 Å². The van der Waals surface area contributed by atoms with E-state index in [-0.39, 0.29) is 0 Å². The van der Waals surface area contributed by atoms with Gasteiger partial charge in [-0.15, -0.1) is 0 Å². The fourth-order valence-electron chi connectivity index (χ4n) is 2.41. The van der Waals surface area contributed by atoms with E-state index < -0.39 is 0 Å². The number of hydrogen-bond donors (Lipinski definition) is 2. The van der Waals surface area contributed by atoms with Crippen molar-refractivity contribution in [2.75, 3.05) is 19.6 Å². The van der Waals surface area contributed by atoms with Gasteiger partial charge in [0.05, 0.1) is 0 Å². The molecule has 1 aromatic rings. The highest BCUT2D eigenvalue weighted by atomic mass is 14.9. The molecule has 2 atom stereocenters. The molecule has 1 saturated heterocycles. The molecular formula is C15H24N2. The zero-order valence-corrected chi connectivity index (χ0v) is 11.0. The van der Waals surface area contributed by atoms with E-state index in [1.165, 1.54) is 37.1 Å². The van der Waals surface area contributed by atoms with Crippen molar-refractivity contribution in [2.24, 2.45) is 5.92 Å². The van der Waals surface area contributed by atoms with Crippen LogP contribution in [-0.2, 0) is 0 Å². The van der Waals surface area contributed by atoms with Crippen LogP contribution >= 0.6 is 0 Å². The molecule has 17 heavy (non-hydrogen) atoms. The van der Waals surface area contributed by atoms with Crippen LogP contribution in [0.5, 0.6) is 0 Å². The van der Waals surface area contributed by atoms with Gasteiger partial charge in [-0.2, -0.15) is 0 Å². The van der Waals surface area contributed by atoms with Crippen LogP contribution in [0, 0.1) is 12.8 Å². The Morgan fingerprint density at radius 3 is 2.76 bits per heavy atom. The second kappa shape index (κ2) is 6.18. The van der Waals surface area contributed by atoms with Crippen LogP contribution in [-0.4, -0.2) is 19.6 Å². The number of piperidine rings is 1. The minimum atomic E-state index is 0.456. The third-order valence-corrected chi connectivity index (χ3v) is 3.69. The molecule has 0 spiro atoms. The summed E-state index contributed by atoms with van der Waals surface area (Å²) in [5.74, 6) is 0.802. The summed E-state index contributed by atoms with van der Waals surface area (Å²) in [5.41, 5.74) is 2.72. The van der Waals surface area contributed by atoms with Crippen molar-refractivity contribution in [1.29, 1.82) is 0 Å². The molecule has 0 bridgehead atoms. The maximum atomic E-state index is 3.65. The molecule has 2 rings (SSSR count). The molecule has 0 aliphatic carbocycles. The Kier molecular flexibility index (Phi) is 4.57. The lowest BCUT2D eigenvalue weighted by atomic mass is 9.98. The molecule has 1 fully saturated rings. The molecule has 0 aromatic heterocycles. The van der Waals surface area contributed by atoms with E-state index in [9.17, 15) is 0 Å². The summed E-state index contributed by atoms with van der Waals surface area (Å²) in [7, 11) is 0. The second-order valence-corrected chi connectivity index (χ2v) is 5.25. The Morgan fingerprint density at radius 1 is 1.35 bits per heavy atom. The van der Waals surface area contributed by atoms with Gasteiger partial charge in [0.1, 0.15) is 0 Å². The van der Waals surface area contributed by atoms with Crippen LogP contribution in [0.25, 0.3) is 0 Å². The maximum Gasteiger partial charge on any atom is 0.0291 e. The largest absolute Gasteiger partial charge is 0.316 e. The molecule has 1 unspecified atom stereocenters. The Hall–Kier alpha value is -0.860. The van der Waals surface area contributed by atoms with Crippen LogP contribution in [0.4, 0.5) is 0 Å². The molecule has 1 aromatic carbocycles. The van der Waals surface area contributed by atoms with E-state index in [2.05, 4.69) is 48.7 Å². The number of rotatable bonds is 4. The van der Waals surface area contributed by atoms with E-state index in [0.29, 0.717) is 6.04 Å². The summed E-state index contributed by atoms with van der Waals surface area (Å²) in [6, 6.07) is 9.29. The Balaban J connectivity index is 1.80. The van der Waals surface area contributed by atoms with Gasteiger partial charge in [0.15, 0.2) is 0 Å². The Bertz CT molecular complexity index is 325. The number of aryl methyl sites for hydroxylation is 1. The van der Waals surface area contributed by atoms with E-state index in [1.54, 1.807) is 0 Å². The van der Waals surface area contributed by atoms with Gasteiger partial charge < -0.3 is 10.6 Å². The topological polar surface area (TPSA) is 24.1 Å². The van der Waals surface area contributed by atoms with E-state index >= 15 is 0 Å². The minimum Gasteiger partial charge on any atom is -0.316 e. The average Bonchev–Trinajstić information content (AvgIpc) is 2.38. The first-order valence-corrected chi connectivity index (χ1v) is 6.76. The van der Waals surface area contributed by atoms with Crippen molar-refractivity contribution in [3.05, 3.63) is 35.4 Å². The Labute approximate surface area is 105 Å². The molecule has 0 radical (unpaired) electrons. The molecule has 1 aliphatic rings. The smallest absolute Gasteiger partial charge is 0.0291 e. The van der Waals surface area contributed by atoms with Crippen molar-refractivity contribution < 1.29 is 0 Å². The molecule has 2 heteroatoms. The fraction of sp³-hybridized carbons (Fsp3) is 0.600. The zero-order valence-electron chi connectivity index (χ0n) is 11.0. The predicted octanol–water partition coefficient (Wildman–Crippen LogP) is 2.65. The lowest BCUT2D eigenvalue weighted by Gasteiger charge is -2.25. The summed E-state index contributed by atoms with van der Waals surface area (Å²) in [6.07, 6.45) is 2.69. The highest BCUT2D eigenvalue weighted by Gasteiger charge is 2.14. The van der Waals surface area contributed by atoms with Gasteiger partial charge in [0.25, 0.3) is 0 Å². The maximum absolute atomic E-state index is 3.65. The van der Waals surface area contributed by atoms with Crippen molar-refractivity contribution in [3.8, 4) is 0 Å². The molecule has 0 saturated carbocycles. The summed E-state index contributed by atoms with van der Waals surface area (Å²) >= 11 is 0. The summed E-state index contributed by atoms with van der Waals surface area (Å²) in [4.78, 5) is 0. The van der Waals surface area contributed by atoms with Gasteiger partial charge in [0, 0.05) is 6.04 Å². The molecule has 94 valence electrons. The van der Waals surface area contributed by atoms with E-state index in [1.807, 2.05) is 0 Å². The van der Waals surface area contributed by atoms with Crippen molar-refractivity contribution in [2.45, 2.75) is 32.7 Å². The Morgan fingerprint density at radius 2 is 2.12 bits per heavy atom. The summed E-state index contributed by atoms with van der Waals surface area (Å²) in [6.45, 7) is 7.89. The summed E-state index contributed by atoms with van der Waals surface area (Å²) < 4.78 is 0. The van der Waals surface area contributed by atoms with Gasteiger partial charge in [-0.1, -0.05) is 29.8 Å². The zero-order chi connectivity index (χ0) is 12.1. The highest BCUT2D eigenvalue weighted by molar-refractivity contribution is 5.23. The first-order chi connectivity index (χ1) is 8.25. The van der Waals surface area contributed by atoms with Crippen molar-refractivity contribution >= 4 is 0 Å². The SMILES string of the molecule is Cc1ccc([C@@H](C)NCC2CCCNC2)cc1. The van der Waals surface area contributed by atoms with Gasteiger partial charge in [-0.05, 0) is 57.8 Å². The van der Waals surface area contributed by atoms with Crippen molar-refractivity contribution in [3.63, 3.8) is 0 Å². The quantitative estimate of drug-likeness (QED) is 0.834. The van der Waals surface area contributed by atoms with Crippen LogP contribution in [0.3, 0.4) is 0 Å². The first kappa shape index (κ1) is 12.6. The van der Waals surface area contributed by atoms with E-state index in [4.69, 9.17) is 0 Å². The second-order valence-electron chi connectivity index (χ2n) is 5.25. The lowest BCUT2D eigenvalue weighted by Crippen LogP contribution is -2.36. The number of hydrogen-bond acceptors (Lipinski definition) is 2. The third kappa shape index (κ3) is 3.83. The standard InChI is InChI=1S/C15H24N2/c1-12-5-7-15(8-6-12)13(2)17-11-14-4-3-9-16-10-14/h5-8,13-14,16-17H,3-4,9-11H2,1-2H3/t13-,14?/m1/s1. The monoisotopic (exact) mass is 232 g/mol. The molecule has 2 N–H and O–H groups in total. The van der Waals surface area contributed by atoms with Crippen LogP contribution in [0.2, 0.25) is 0 Å². The van der Waals surface area contributed by atoms with Gasteiger partial charge in [-0.3, -0.25) is 0 Å². The molecule has 0 amide bonds. The predicted molar refractivity (Wildman–Crippen MR) is 73.2 cm³/mol. The lowest BCUT2D eigenvalue weighted by molar-refractivity contribution is 0.348. The normalized spacial score (nSPS) is 22.4. The molecule has 2 nitrogen and oxygen atoms in total. The summed E-state index contributed by atoms with van der Waals surface area (Å²) in [5, 5.41) is 7.11.